The van der Waals surface area contributed by atoms with Gasteiger partial charge < -0.3 is 34.7 Å². The van der Waals surface area contributed by atoms with Gasteiger partial charge in [-0.1, -0.05) is 18.2 Å². The number of nitrogen functional groups attached to an aromatic ring is 1. The molecule has 2 aliphatic rings. The highest BCUT2D eigenvalue weighted by Crippen LogP contribution is 2.48. The van der Waals surface area contributed by atoms with Gasteiger partial charge in [0.05, 0.1) is 18.9 Å². The summed E-state index contributed by atoms with van der Waals surface area (Å²) < 4.78 is 42.5. The van der Waals surface area contributed by atoms with Gasteiger partial charge in [-0.3, -0.25) is 9.32 Å². The Labute approximate surface area is 228 Å². The minimum Gasteiger partial charge on any atom is -0.456 e. The van der Waals surface area contributed by atoms with Gasteiger partial charge in [0.2, 0.25) is 5.60 Å². The Morgan fingerprint density at radius 3 is 2.75 bits per heavy atom. The first-order chi connectivity index (χ1) is 19.1. The molecule has 0 aliphatic carbocycles. The summed E-state index contributed by atoms with van der Waals surface area (Å²) >= 11 is 0. The van der Waals surface area contributed by atoms with Crippen LogP contribution in [0.2, 0.25) is 0 Å². The van der Waals surface area contributed by atoms with E-state index in [1.165, 1.54) is 29.9 Å². The molecule has 0 amide bonds. The van der Waals surface area contributed by atoms with E-state index < -0.39 is 56.4 Å². The van der Waals surface area contributed by atoms with E-state index in [9.17, 15) is 24.8 Å². The van der Waals surface area contributed by atoms with Crippen molar-refractivity contribution in [1.29, 1.82) is 5.26 Å². The van der Waals surface area contributed by atoms with Crippen LogP contribution in [0.1, 0.15) is 18.7 Å². The lowest BCUT2D eigenvalue weighted by atomic mass is 9.96. The van der Waals surface area contributed by atoms with Crippen molar-refractivity contribution in [3.63, 3.8) is 0 Å². The fraction of sp³-hybridized carbons (Fsp3) is 0.417. The van der Waals surface area contributed by atoms with Crippen LogP contribution in [0.25, 0.3) is 5.52 Å². The van der Waals surface area contributed by atoms with Crippen LogP contribution in [0, 0.1) is 11.3 Å². The average molecular weight is 574 g/mol. The Kier molecular flexibility index (Phi) is 7.76. The largest absolute Gasteiger partial charge is 0.459 e. The second kappa shape index (κ2) is 11.1. The second-order valence-electron chi connectivity index (χ2n) is 9.30. The normalized spacial score (nSPS) is 26.9. The summed E-state index contributed by atoms with van der Waals surface area (Å²) in [7, 11) is -4.41. The van der Waals surface area contributed by atoms with Crippen molar-refractivity contribution in [3.8, 4) is 11.8 Å². The number of carbonyl (C=O) groups is 1. The summed E-state index contributed by atoms with van der Waals surface area (Å²) in [5.74, 6) is -0.412. The third-order valence-corrected chi connectivity index (χ3v) is 8.08. The third-order valence-electron chi connectivity index (χ3n) is 6.45. The van der Waals surface area contributed by atoms with Gasteiger partial charge in [0, 0.05) is 0 Å². The highest BCUT2D eigenvalue weighted by molar-refractivity contribution is 7.52. The highest BCUT2D eigenvalue weighted by atomic mass is 31.2. The Morgan fingerprint density at radius 1 is 1.32 bits per heavy atom. The van der Waals surface area contributed by atoms with Crippen LogP contribution in [0.3, 0.4) is 0 Å². The molecule has 4 heterocycles. The van der Waals surface area contributed by atoms with Gasteiger partial charge in [0.15, 0.2) is 5.82 Å². The number of hydrogen-bond acceptors (Lipinski definition) is 13. The van der Waals surface area contributed by atoms with E-state index >= 15 is 0 Å². The number of fused-ring (bicyclic) bond motifs is 1. The molecule has 6 atom stereocenters. The number of carbonyl (C=O) groups excluding carboxylic acids is 1. The summed E-state index contributed by atoms with van der Waals surface area (Å²) in [5.41, 5.74) is 4.40. The first-order valence-corrected chi connectivity index (χ1v) is 13.8. The van der Waals surface area contributed by atoms with Crippen molar-refractivity contribution in [3.05, 3.63) is 54.5 Å². The molecule has 5 N–H and O–H groups in total. The van der Waals surface area contributed by atoms with Crippen molar-refractivity contribution >= 4 is 25.1 Å². The van der Waals surface area contributed by atoms with E-state index in [-0.39, 0.29) is 30.5 Å². The molecule has 1 aromatic carbocycles. The van der Waals surface area contributed by atoms with Gasteiger partial charge in [-0.25, -0.2) is 14.1 Å². The van der Waals surface area contributed by atoms with Crippen molar-refractivity contribution in [2.75, 3.05) is 25.6 Å². The quantitative estimate of drug-likeness (QED) is 0.192. The van der Waals surface area contributed by atoms with E-state index in [1.807, 2.05) is 6.07 Å². The number of aromatic nitrogens is 3. The van der Waals surface area contributed by atoms with Gasteiger partial charge in [-0.15, -0.1) is 0 Å². The molecule has 0 bridgehead atoms. The van der Waals surface area contributed by atoms with Gasteiger partial charge >= 0.3 is 13.7 Å². The van der Waals surface area contributed by atoms with Crippen molar-refractivity contribution in [2.45, 2.75) is 43.0 Å². The monoisotopic (exact) mass is 574 g/mol. The zero-order chi connectivity index (χ0) is 28.5. The smallest absolute Gasteiger partial charge is 0.456 e. The van der Waals surface area contributed by atoms with Crippen molar-refractivity contribution in [1.82, 2.24) is 19.7 Å². The third kappa shape index (κ3) is 5.38. The molecular formula is C24H27N6O9P. The number of anilines is 1. The molecule has 0 radical (unpaired) electrons. The predicted octanol–water partition coefficient (Wildman–Crippen LogP) is 0.491. The van der Waals surface area contributed by atoms with Crippen LogP contribution in [0.15, 0.2) is 48.8 Å². The second-order valence-corrected chi connectivity index (χ2v) is 11.0. The molecule has 40 heavy (non-hydrogen) atoms. The van der Waals surface area contributed by atoms with Crippen LogP contribution in [0.5, 0.6) is 5.75 Å². The fourth-order valence-corrected chi connectivity index (χ4v) is 5.73. The summed E-state index contributed by atoms with van der Waals surface area (Å²) in [4.78, 5) is 16.4. The summed E-state index contributed by atoms with van der Waals surface area (Å²) in [5, 5.41) is 38.4. The first kappa shape index (κ1) is 27.9. The SMILES string of the molecule is C[C@H](N[P@](=O)(OC[C@@]1(C#N)O[C@@H](c2ccc3c(N)ncnn23)[C@H](O)[C@@H]1O)Oc1ccccc1)C(=O)OC1COC1. The zero-order valence-electron chi connectivity index (χ0n) is 21.2. The molecule has 2 saturated heterocycles. The number of nitriles is 1. The van der Waals surface area contributed by atoms with Crippen LogP contribution in [-0.2, 0) is 28.1 Å². The Morgan fingerprint density at radius 2 is 2.08 bits per heavy atom. The number of benzene rings is 1. The fourth-order valence-electron chi connectivity index (χ4n) is 4.20. The van der Waals surface area contributed by atoms with E-state index in [0.717, 1.165) is 0 Å². The molecule has 15 nitrogen and oxygen atoms in total. The van der Waals surface area contributed by atoms with Gasteiger partial charge in [-0.05, 0) is 31.2 Å². The minimum absolute atomic E-state index is 0.139. The van der Waals surface area contributed by atoms with E-state index in [2.05, 4.69) is 15.2 Å². The van der Waals surface area contributed by atoms with Crippen molar-refractivity contribution in [2.24, 2.45) is 0 Å². The molecule has 212 valence electrons. The van der Waals surface area contributed by atoms with Crippen LogP contribution in [-0.4, -0.2) is 80.6 Å². The van der Waals surface area contributed by atoms with E-state index in [4.69, 9.17) is 29.0 Å². The molecule has 0 unspecified atom stereocenters. The van der Waals surface area contributed by atoms with E-state index in [0.29, 0.717) is 5.52 Å². The predicted molar refractivity (Wildman–Crippen MR) is 136 cm³/mol. The topological polar surface area (TPSA) is 213 Å². The van der Waals surface area contributed by atoms with Gasteiger partial charge in [0.25, 0.3) is 0 Å². The van der Waals surface area contributed by atoms with Crippen molar-refractivity contribution < 1.29 is 42.8 Å². The number of esters is 1. The Bertz CT molecular complexity index is 1460. The molecular weight excluding hydrogens is 547 g/mol. The molecule has 16 heteroatoms. The number of aliphatic hydroxyl groups excluding tert-OH is 2. The molecule has 2 fully saturated rings. The molecule has 2 aliphatic heterocycles. The average Bonchev–Trinajstić information content (AvgIpc) is 3.46. The van der Waals surface area contributed by atoms with Gasteiger partial charge in [0.1, 0.15) is 60.7 Å². The lowest BCUT2D eigenvalue weighted by molar-refractivity contribution is -0.173. The number of para-hydroxylation sites is 1. The number of nitrogens with one attached hydrogen (secondary N) is 1. The standard InChI is InChI=1S/C24H27N6O9P/c1-14(23(33)37-16-9-35-10-16)29-40(34,39-15-5-3-2-4-6-15)36-12-24(11-25)21(32)19(31)20(38-24)17-7-8-18-22(26)27-13-28-30(17)18/h2-8,13-14,16,19-21,31-32H,9-10,12H2,1H3,(H,29,34)(H2,26,27,28)/t14-,19-,20-,21-,24+,40-/m0/s1. The maximum absolute atomic E-state index is 13.9. The zero-order valence-corrected chi connectivity index (χ0v) is 22.1. The maximum atomic E-state index is 13.9. The van der Waals surface area contributed by atoms with E-state index in [1.54, 1.807) is 30.3 Å². The first-order valence-electron chi connectivity index (χ1n) is 12.2. The summed E-state index contributed by atoms with van der Waals surface area (Å²) in [6.07, 6.45) is -3.84. The molecule has 3 aromatic rings. The van der Waals surface area contributed by atoms with Crippen LogP contribution in [0.4, 0.5) is 5.82 Å². The van der Waals surface area contributed by atoms with Crippen LogP contribution < -0.4 is 15.3 Å². The molecule has 2 aromatic heterocycles. The summed E-state index contributed by atoms with van der Waals surface area (Å²) in [6.45, 7) is 1.10. The highest BCUT2D eigenvalue weighted by Gasteiger charge is 2.57. The minimum atomic E-state index is -4.41. The molecule has 0 saturated carbocycles. The number of rotatable bonds is 10. The number of ether oxygens (including phenoxy) is 3. The molecule has 5 rings (SSSR count). The maximum Gasteiger partial charge on any atom is 0.459 e. The number of nitrogens with zero attached hydrogens (tertiary/aromatic N) is 4. The molecule has 0 spiro atoms. The van der Waals surface area contributed by atoms with Gasteiger partial charge in [-0.2, -0.15) is 15.4 Å². The Hall–Kier alpha value is -3.61. The number of aliphatic hydroxyl groups is 2. The number of hydrogen-bond donors (Lipinski definition) is 4. The number of nitrogens with two attached hydrogens (primary N) is 1. The lowest BCUT2D eigenvalue weighted by Gasteiger charge is -2.30. The summed E-state index contributed by atoms with van der Waals surface area (Å²) in [6, 6.07) is 11.8. The lowest BCUT2D eigenvalue weighted by Crippen LogP contribution is -2.47. The Balaban J connectivity index is 1.37. The van der Waals surface area contributed by atoms with Crippen LogP contribution >= 0.6 is 7.75 Å².